The predicted molar refractivity (Wildman–Crippen MR) is 109 cm³/mol. The minimum absolute atomic E-state index is 0.189. The zero-order valence-electron chi connectivity index (χ0n) is 16.8. The first-order valence-corrected chi connectivity index (χ1v) is 10.1. The standard InChI is InChI=1S/C23H21F2N5O/c24-18-5-6-20(25)19(11-18)17-4-7-22-28-21(15-30(22)14-17)23(31)29(10-2-8-26)13-16-3-1-9-27-12-16/h1,3,5-6,9,11-12,15,17H,2,4,7,10,13-14H2. The topological polar surface area (TPSA) is 74.8 Å². The van der Waals surface area contributed by atoms with Crippen LogP contribution in [0.3, 0.4) is 0 Å². The van der Waals surface area contributed by atoms with Crippen molar-refractivity contribution < 1.29 is 13.6 Å². The van der Waals surface area contributed by atoms with Gasteiger partial charge in [0.25, 0.3) is 5.91 Å². The molecule has 1 aromatic carbocycles. The van der Waals surface area contributed by atoms with Crippen LogP contribution in [0, 0.1) is 23.0 Å². The molecule has 0 fully saturated rings. The van der Waals surface area contributed by atoms with Crippen LogP contribution in [-0.2, 0) is 19.5 Å². The number of imidazole rings is 1. The Bertz CT molecular complexity index is 1120. The molecule has 0 aliphatic carbocycles. The molecule has 0 saturated heterocycles. The van der Waals surface area contributed by atoms with Crippen molar-refractivity contribution in [2.45, 2.75) is 38.3 Å². The number of carbonyl (C=O) groups excluding carboxylic acids is 1. The molecule has 0 radical (unpaired) electrons. The van der Waals surface area contributed by atoms with Crippen LogP contribution in [0.1, 0.15) is 46.2 Å². The second kappa shape index (κ2) is 9.04. The molecule has 1 unspecified atom stereocenters. The molecular weight excluding hydrogens is 400 g/mol. The third-order valence-electron chi connectivity index (χ3n) is 5.49. The molecule has 1 aliphatic heterocycles. The van der Waals surface area contributed by atoms with Gasteiger partial charge in [0.15, 0.2) is 0 Å². The van der Waals surface area contributed by atoms with E-state index in [1.54, 1.807) is 29.6 Å². The number of aryl methyl sites for hydroxylation is 1. The molecule has 8 heteroatoms. The number of carbonyl (C=O) groups is 1. The minimum atomic E-state index is -0.466. The number of aromatic nitrogens is 3. The number of pyridine rings is 1. The Kier molecular flexibility index (Phi) is 6.03. The monoisotopic (exact) mass is 421 g/mol. The Balaban J connectivity index is 1.54. The molecular formula is C23H21F2N5O. The Hall–Kier alpha value is -3.60. The number of amides is 1. The van der Waals surface area contributed by atoms with E-state index in [1.807, 2.05) is 10.6 Å². The molecule has 0 N–H and O–H groups in total. The van der Waals surface area contributed by atoms with Gasteiger partial charge >= 0.3 is 0 Å². The number of fused-ring (bicyclic) bond motifs is 1. The fourth-order valence-corrected chi connectivity index (χ4v) is 3.94. The van der Waals surface area contributed by atoms with E-state index in [0.717, 1.165) is 23.5 Å². The first kappa shape index (κ1) is 20.7. The van der Waals surface area contributed by atoms with Crippen LogP contribution in [0.4, 0.5) is 8.78 Å². The van der Waals surface area contributed by atoms with Crippen LogP contribution in [-0.4, -0.2) is 31.9 Å². The van der Waals surface area contributed by atoms with E-state index >= 15 is 0 Å². The summed E-state index contributed by atoms with van der Waals surface area (Å²) >= 11 is 0. The smallest absolute Gasteiger partial charge is 0.274 e. The van der Waals surface area contributed by atoms with Crippen LogP contribution in [0.15, 0.2) is 48.9 Å². The molecule has 31 heavy (non-hydrogen) atoms. The number of benzene rings is 1. The fraction of sp³-hybridized carbons (Fsp3) is 0.304. The minimum Gasteiger partial charge on any atom is -0.333 e. The third-order valence-corrected chi connectivity index (χ3v) is 5.49. The lowest BCUT2D eigenvalue weighted by Crippen LogP contribution is -2.31. The highest BCUT2D eigenvalue weighted by Crippen LogP contribution is 2.31. The van der Waals surface area contributed by atoms with Gasteiger partial charge in [-0.05, 0) is 41.8 Å². The van der Waals surface area contributed by atoms with Gasteiger partial charge in [0.1, 0.15) is 23.2 Å². The van der Waals surface area contributed by atoms with Gasteiger partial charge in [-0.2, -0.15) is 5.26 Å². The SMILES string of the molecule is N#CCCN(Cc1cccnc1)C(=O)c1cn2c(n1)CCC(c1cc(F)ccc1F)C2. The van der Waals surface area contributed by atoms with Crippen molar-refractivity contribution in [1.29, 1.82) is 5.26 Å². The Labute approximate surface area is 178 Å². The second-order valence-electron chi connectivity index (χ2n) is 7.59. The van der Waals surface area contributed by atoms with Crippen LogP contribution in [0.5, 0.6) is 0 Å². The summed E-state index contributed by atoms with van der Waals surface area (Å²) in [5.74, 6) is -0.601. The Morgan fingerprint density at radius 3 is 2.97 bits per heavy atom. The van der Waals surface area contributed by atoms with E-state index in [9.17, 15) is 13.6 Å². The molecule has 1 aliphatic rings. The zero-order chi connectivity index (χ0) is 21.8. The molecule has 1 amide bonds. The number of hydrogen-bond acceptors (Lipinski definition) is 4. The van der Waals surface area contributed by atoms with E-state index in [1.165, 1.54) is 6.07 Å². The maximum Gasteiger partial charge on any atom is 0.274 e. The molecule has 1 atom stereocenters. The Morgan fingerprint density at radius 2 is 2.19 bits per heavy atom. The largest absolute Gasteiger partial charge is 0.333 e. The van der Waals surface area contributed by atoms with Crippen LogP contribution in [0.25, 0.3) is 0 Å². The second-order valence-corrected chi connectivity index (χ2v) is 7.59. The number of nitriles is 1. The molecule has 158 valence electrons. The lowest BCUT2D eigenvalue weighted by Gasteiger charge is -2.24. The van der Waals surface area contributed by atoms with Gasteiger partial charge < -0.3 is 9.47 Å². The molecule has 0 spiro atoms. The normalized spacial score (nSPS) is 15.2. The van der Waals surface area contributed by atoms with Gasteiger partial charge in [0.2, 0.25) is 0 Å². The summed E-state index contributed by atoms with van der Waals surface area (Å²) in [7, 11) is 0. The van der Waals surface area contributed by atoms with Crippen LogP contribution >= 0.6 is 0 Å². The molecule has 0 bridgehead atoms. The van der Waals surface area contributed by atoms with E-state index in [2.05, 4.69) is 16.0 Å². The van der Waals surface area contributed by atoms with Gasteiger partial charge in [-0.1, -0.05) is 6.07 Å². The molecule has 3 aromatic rings. The number of rotatable bonds is 6. The average molecular weight is 421 g/mol. The number of nitrogens with zero attached hydrogens (tertiary/aromatic N) is 5. The molecule has 3 heterocycles. The maximum atomic E-state index is 14.2. The van der Waals surface area contributed by atoms with Gasteiger partial charge in [-0.25, -0.2) is 13.8 Å². The van der Waals surface area contributed by atoms with Gasteiger partial charge in [0, 0.05) is 50.6 Å². The summed E-state index contributed by atoms with van der Waals surface area (Å²) in [5, 5.41) is 8.97. The first-order chi connectivity index (χ1) is 15.0. The van der Waals surface area contributed by atoms with Crippen molar-refractivity contribution in [3.63, 3.8) is 0 Å². The van der Waals surface area contributed by atoms with E-state index in [0.29, 0.717) is 31.5 Å². The van der Waals surface area contributed by atoms with Gasteiger partial charge in [-0.15, -0.1) is 0 Å². The molecule has 4 rings (SSSR count). The van der Waals surface area contributed by atoms with Gasteiger partial charge in [0.05, 0.1) is 12.5 Å². The van der Waals surface area contributed by atoms with E-state index in [4.69, 9.17) is 5.26 Å². The summed E-state index contributed by atoms with van der Waals surface area (Å²) in [6.07, 6.45) is 6.41. The summed E-state index contributed by atoms with van der Waals surface area (Å²) in [6.45, 7) is 1.04. The average Bonchev–Trinajstić information content (AvgIpc) is 3.22. The molecule has 6 nitrogen and oxygen atoms in total. The van der Waals surface area contributed by atoms with Crippen molar-refractivity contribution in [3.05, 3.63) is 83.2 Å². The first-order valence-electron chi connectivity index (χ1n) is 10.1. The lowest BCUT2D eigenvalue weighted by molar-refractivity contribution is 0.0741. The molecule has 2 aromatic heterocycles. The van der Waals surface area contributed by atoms with Crippen molar-refractivity contribution >= 4 is 5.91 Å². The quantitative estimate of drug-likeness (QED) is 0.606. The number of hydrogen-bond donors (Lipinski definition) is 0. The summed E-state index contributed by atoms with van der Waals surface area (Å²) in [4.78, 5) is 23.3. The van der Waals surface area contributed by atoms with E-state index in [-0.39, 0.29) is 30.5 Å². The van der Waals surface area contributed by atoms with Gasteiger partial charge in [-0.3, -0.25) is 9.78 Å². The van der Waals surface area contributed by atoms with Crippen LogP contribution in [0.2, 0.25) is 0 Å². The number of halogens is 2. The highest BCUT2D eigenvalue weighted by molar-refractivity contribution is 5.92. The Morgan fingerprint density at radius 1 is 1.32 bits per heavy atom. The van der Waals surface area contributed by atoms with Crippen molar-refractivity contribution in [1.82, 2.24) is 19.4 Å². The lowest BCUT2D eigenvalue weighted by atomic mass is 9.91. The third kappa shape index (κ3) is 4.61. The summed E-state index contributed by atoms with van der Waals surface area (Å²) < 4.78 is 29.7. The predicted octanol–water partition coefficient (Wildman–Crippen LogP) is 3.84. The fourth-order valence-electron chi connectivity index (χ4n) is 3.94. The highest BCUT2D eigenvalue weighted by Gasteiger charge is 2.27. The highest BCUT2D eigenvalue weighted by atomic mass is 19.1. The van der Waals surface area contributed by atoms with Crippen molar-refractivity contribution in [2.75, 3.05) is 6.54 Å². The zero-order valence-corrected chi connectivity index (χ0v) is 16.8. The van der Waals surface area contributed by atoms with E-state index < -0.39 is 11.6 Å². The molecule has 0 saturated carbocycles. The van der Waals surface area contributed by atoms with Crippen molar-refractivity contribution in [2.24, 2.45) is 0 Å². The summed E-state index contributed by atoms with van der Waals surface area (Å²) in [6, 6.07) is 9.24. The maximum absolute atomic E-state index is 14.2. The van der Waals surface area contributed by atoms with Crippen molar-refractivity contribution in [3.8, 4) is 6.07 Å². The summed E-state index contributed by atoms with van der Waals surface area (Å²) in [5.41, 5.74) is 1.50. The van der Waals surface area contributed by atoms with Crippen LogP contribution < -0.4 is 0 Å².